The van der Waals surface area contributed by atoms with Crippen LogP contribution in [0.3, 0.4) is 0 Å². The molecule has 0 saturated carbocycles. The van der Waals surface area contributed by atoms with E-state index < -0.39 is 37.1 Å². The molecule has 1 aromatic rings. The van der Waals surface area contributed by atoms with E-state index in [0.717, 1.165) is 12.1 Å². The third kappa shape index (κ3) is 6.13. The molecule has 27 heavy (non-hydrogen) atoms. The summed E-state index contributed by atoms with van der Waals surface area (Å²) in [5.41, 5.74) is 1.18. The Morgan fingerprint density at radius 2 is 1.93 bits per heavy atom. The van der Waals surface area contributed by atoms with Crippen LogP contribution >= 0.6 is 0 Å². The number of nitrogens with one attached hydrogen (secondary N) is 1. The van der Waals surface area contributed by atoms with Gasteiger partial charge in [-0.3, -0.25) is 20.3 Å². The van der Waals surface area contributed by atoms with Crippen LogP contribution in [0.5, 0.6) is 0 Å². The Morgan fingerprint density at radius 3 is 2.44 bits per heavy atom. The first kappa shape index (κ1) is 22.2. The van der Waals surface area contributed by atoms with Gasteiger partial charge in [-0.2, -0.15) is 8.78 Å². The van der Waals surface area contributed by atoms with Crippen LogP contribution in [0.25, 0.3) is 0 Å². The average Bonchev–Trinajstić information content (AvgIpc) is 2.59. The van der Waals surface area contributed by atoms with Crippen LogP contribution in [0, 0.1) is 10.1 Å². The van der Waals surface area contributed by atoms with Crippen LogP contribution in [0.2, 0.25) is 0 Å². The van der Waals surface area contributed by atoms with Crippen LogP contribution < -0.4 is 5.43 Å². The van der Waals surface area contributed by atoms with Gasteiger partial charge in [0.25, 0.3) is 5.69 Å². The number of carbonyl (C=O) groups excluding carboxylic acids is 1. The molecule has 1 rings (SSSR count). The van der Waals surface area contributed by atoms with Gasteiger partial charge in [-0.05, 0) is 26.0 Å². The molecular formula is C14H17F2N3O7S. The first-order valence-corrected chi connectivity index (χ1v) is 9.09. The number of carbonyl (C=O) groups is 1. The van der Waals surface area contributed by atoms with E-state index in [4.69, 9.17) is 9.47 Å². The minimum Gasteiger partial charge on any atom is -0.480 e. The normalized spacial score (nSPS) is 12.0. The largest absolute Gasteiger partial charge is 0.480 e. The zero-order chi connectivity index (χ0) is 20.6. The lowest BCUT2D eigenvalue weighted by atomic mass is 10.3. The highest BCUT2D eigenvalue weighted by molar-refractivity contribution is 7.91. The highest BCUT2D eigenvalue weighted by Gasteiger charge is 2.29. The summed E-state index contributed by atoms with van der Waals surface area (Å²) >= 11 is 0. The van der Waals surface area contributed by atoms with Gasteiger partial charge >= 0.3 is 11.7 Å². The smallest absolute Gasteiger partial charge is 0.341 e. The highest BCUT2D eigenvalue weighted by atomic mass is 32.2. The van der Waals surface area contributed by atoms with Crippen molar-refractivity contribution >= 4 is 33.1 Å². The van der Waals surface area contributed by atoms with Gasteiger partial charge in [0, 0.05) is 6.07 Å². The molecule has 0 amide bonds. The Bertz CT molecular complexity index is 828. The molecule has 1 aromatic carbocycles. The number of halogens is 2. The first-order chi connectivity index (χ1) is 12.6. The number of rotatable bonds is 9. The Balaban J connectivity index is 3.17. The molecule has 13 heteroatoms. The number of hydrogen-bond acceptors (Lipinski definition) is 9. The van der Waals surface area contributed by atoms with Gasteiger partial charge in [0.1, 0.15) is 12.1 Å². The van der Waals surface area contributed by atoms with E-state index in [-0.39, 0.29) is 31.2 Å². The predicted octanol–water partition coefficient (Wildman–Crippen LogP) is 2.31. The number of nitro benzene ring substituents is 1. The van der Waals surface area contributed by atoms with Crippen molar-refractivity contribution in [1.29, 1.82) is 0 Å². The summed E-state index contributed by atoms with van der Waals surface area (Å²) in [5.74, 6) is -4.49. The van der Waals surface area contributed by atoms with Gasteiger partial charge in [-0.15, -0.1) is 5.10 Å². The van der Waals surface area contributed by atoms with Crippen molar-refractivity contribution in [3.05, 3.63) is 28.3 Å². The van der Waals surface area contributed by atoms with Crippen molar-refractivity contribution in [2.24, 2.45) is 5.10 Å². The molecule has 0 fully saturated rings. The standard InChI is InChI=1S/C14H17F2N3O7S/c1-3-25-12(8-13(20)26-4-2)18-17-10-6-5-9(7-11(10)19(21)22)27(23,24)14(15)16/h5-7,14,17H,3-4,8H2,1-2H3/b18-12-. The van der Waals surface area contributed by atoms with Gasteiger partial charge in [0.2, 0.25) is 15.7 Å². The fourth-order valence-corrected chi connectivity index (χ4v) is 2.52. The lowest BCUT2D eigenvalue weighted by Crippen LogP contribution is -2.16. The number of anilines is 1. The third-order valence-electron chi connectivity index (χ3n) is 2.94. The molecule has 10 nitrogen and oxygen atoms in total. The molecule has 0 heterocycles. The molecule has 0 spiro atoms. The van der Waals surface area contributed by atoms with E-state index in [9.17, 15) is 32.1 Å². The fourth-order valence-electron chi connectivity index (χ4n) is 1.78. The van der Waals surface area contributed by atoms with Crippen molar-refractivity contribution < 1.29 is 36.4 Å². The maximum atomic E-state index is 12.6. The second kappa shape index (κ2) is 9.75. The maximum Gasteiger partial charge on any atom is 0.341 e. The molecule has 0 unspecified atom stereocenters. The van der Waals surface area contributed by atoms with Gasteiger partial charge in [-0.1, -0.05) is 0 Å². The summed E-state index contributed by atoms with van der Waals surface area (Å²) in [4.78, 5) is 20.7. The molecule has 0 aromatic heterocycles. The molecule has 0 bridgehead atoms. The van der Waals surface area contributed by atoms with E-state index >= 15 is 0 Å². The lowest BCUT2D eigenvalue weighted by molar-refractivity contribution is -0.384. The number of nitro groups is 1. The maximum absolute atomic E-state index is 12.6. The molecule has 0 aliphatic heterocycles. The van der Waals surface area contributed by atoms with Gasteiger partial charge in [-0.25, -0.2) is 8.42 Å². The average molecular weight is 409 g/mol. The number of hydrogen-bond donors (Lipinski definition) is 1. The predicted molar refractivity (Wildman–Crippen MR) is 90.2 cm³/mol. The summed E-state index contributed by atoms with van der Waals surface area (Å²) in [6, 6.07) is 2.17. The highest BCUT2D eigenvalue weighted by Crippen LogP contribution is 2.29. The molecule has 0 aliphatic carbocycles. The zero-order valence-electron chi connectivity index (χ0n) is 14.3. The summed E-state index contributed by atoms with van der Waals surface area (Å²) < 4.78 is 58.0. The molecule has 1 N–H and O–H groups in total. The van der Waals surface area contributed by atoms with Crippen molar-refractivity contribution in [3.8, 4) is 0 Å². The molecular weight excluding hydrogens is 392 g/mol. The minimum absolute atomic E-state index is 0.130. The minimum atomic E-state index is -5.00. The topological polar surface area (TPSA) is 137 Å². The van der Waals surface area contributed by atoms with E-state index in [1.54, 1.807) is 13.8 Å². The Hall–Kier alpha value is -2.83. The summed E-state index contributed by atoms with van der Waals surface area (Å²) in [5, 5.41) is 14.9. The van der Waals surface area contributed by atoms with Crippen LogP contribution in [0.4, 0.5) is 20.2 Å². The van der Waals surface area contributed by atoms with E-state index in [1.807, 2.05) is 0 Å². The summed E-state index contributed by atoms with van der Waals surface area (Å²) in [6.45, 7) is 3.50. The first-order valence-electron chi connectivity index (χ1n) is 7.54. The third-order valence-corrected chi connectivity index (χ3v) is 4.32. The molecule has 0 saturated heterocycles. The molecule has 0 aliphatic rings. The van der Waals surface area contributed by atoms with Gasteiger partial charge < -0.3 is 9.47 Å². The van der Waals surface area contributed by atoms with E-state index in [1.165, 1.54) is 0 Å². The number of nitrogens with zero attached hydrogens (tertiary/aromatic N) is 2. The van der Waals surface area contributed by atoms with Crippen molar-refractivity contribution in [3.63, 3.8) is 0 Å². The number of sulfone groups is 1. The summed E-state index contributed by atoms with van der Waals surface area (Å²) in [7, 11) is -5.00. The van der Waals surface area contributed by atoms with E-state index in [0.29, 0.717) is 6.07 Å². The zero-order valence-corrected chi connectivity index (χ0v) is 15.2. The Kier molecular flexibility index (Phi) is 8.02. The number of benzene rings is 1. The van der Waals surface area contributed by atoms with Gasteiger partial charge in [0.05, 0.1) is 23.0 Å². The van der Waals surface area contributed by atoms with Crippen molar-refractivity contribution in [2.75, 3.05) is 18.6 Å². The monoisotopic (exact) mass is 409 g/mol. The van der Waals surface area contributed by atoms with Crippen LogP contribution in [-0.4, -0.2) is 44.2 Å². The second-order valence-electron chi connectivity index (χ2n) is 4.77. The fraction of sp³-hybridized carbons (Fsp3) is 0.429. The van der Waals surface area contributed by atoms with Crippen LogP contribution in [0.15, 0.2) is 28.2 Å². The second-order valence-corrected chi connectivity index (χ2v) is 6.69. The number of ether oxygens (including phenoxy) is 2. The lowest BCUT2D eigenvalue weighted by Gasteiger charge is -2.09. The number of esters is 1. The SMILES string of the molecule is CCOC(=O)C/C(=N/Nc1ccc(S(=O)(=O)C(F)F)cc1[N+](=O)[O-])OCC. The van der Waals surface area contributed by atoms with Gasteiger partial charge in [0.15, 0.2) is 0 Å². The quantitative estimate of drug-likeness (QED) is 0.216. The summed E-state index contributed by atoms with van der Waals surface area (Å²) in [6.07, 6.45) is -0.347. The molecule has 0 radical (unpaired) electrons. The van der Waals surface area contributed by atoms with Crippen molar-refractivity contribution in [1.82, 2.24) is 0 Å². The van der Waals surface area contributed by atoms with Crippen molar-refractivity contribution in [2.45, 2.75) is 30.9 Å². The number of alkyl halides is 2. The molecule has 0 atom stereocenters. The number of hydrazone groups is 1. The Morgan fingerprint density at radius 1 is 1.30 bits per heavy atom. The van der Waals surface area contributed by atoms with Crippen LogP contribution in [-0.2, 0) is 24.1 Å². The van der Waals surface area contributed by atoms with Crippen LogP contribution in [0.1, 0.15) is 20.3 Å². The molecule has 150 valence electrons. The van der Waals surface area contributed by atoms with E-state index in [2.05, 4.69) is 10.5 Å². The Labute approximate surface area is 153 Å².